The van der Waals surface area contributed by atoms with E-state index in [2.05, 4.69) is 58.5 Å². The summed E-state index contributed by atoms with van der Waals surface area (Å²) in [4.78, 5) is 4.24. The van der Waals surface area contributed by atoms with Crippen molar-refractivity contribution in [2.24, 2.45) is 4.99 Å². The lowest BCUT2D eigenvalue weighted by atomic mass is 10.0. The van der Waals surface area contributed by atoms with Crippen LogP contribution in [-0.4, -0.2) is 34.2 Å². The topological polar surface area (TPSA) is 82.6 Å². The minimum absolute atomic E-state index is 0. The molecule has 0 amide bonds. The Kier molecular flexibility index (Phi) is 11.2. The van der Waals surface area contributed by atoms with Gasteiger partial charge in [-0.1, -0.05) is 56.3 Å². The Labute approximate surface area is 198 Å². The number of anilines is 1. The van der Waals surface area contributed by atoms with Gasteiger partial charge in [-0.05, 0) is 41.5 Å². The largest absolute Gasteiger partial charge is 0.356 e. The molecule has 8 heteroatoms. The maximum atomic E-state index is 11.5. The lowest BCUT2D eigenvalue weighted by Crippen LogP contribution is -2.37. The van der Waals surface area contributed by atoms with Crippen LogP contribution in [0, 0.1) is 0 Å². The third-order valence-electron chi connectivity index (χ3n) is 4.56. The van der Waals surface area contributed by atoms with Crippen molar-refractivity contribution in [3.05, 3.63) is 65.2 Å². The van der Waals surface area contributed by atoms with Crippen molar-refractivity contribution in [2.75, 3.05) is 24.6 Å². The molecule has 0 aliphatic carbocycles. The zero-order valence-electron chi connectivity index (χ0n) is 18.1. The van der Waals surface area contributed by atoms with Crippen molar-refractivity contribution in [1.82, 2.24) is 10.6 Å². The van der Waals surface area contributed by atoms with E-state index in [4.69, 9.17) is 0 Å². The fourth-order valence-corrected chi connectivity index (χ4v) is 3.54. The normalized spacial score (nSPS) is 11.7. The van der Waals surface area contributed by atoms with Gasteiger partial charge in [0.1, 0.15) is 0 Å². The van der Waals surface area contributed by atoms with Gasteiger partial charge in [-0.3, -0.25) is 9.71 Å². The second-order valence-corrected chi connectivity index (χ2v) is 9.13. The smallest absolute Gasteiger partial charge is 0.229 e. The van der Waals surface area contributed by atoms with Gasteiger partial charge in [-0.15, -0.1) is 24.0 Å². The first-order valence-corrected chi connectivity index (χ1v) is 11.8. The number of sulfonamides is 1. The van der Waals surface area contributed by atoms with Crippen LogP contribution in [0.1, 0.15) is 42.9 Å². The van der Waals surface area contributed by atoms with E-state index in [0.29, 0.717) is 24.1 Å². The first kappa shape index (κ1) is 26.2. The zero-order chi connectivity index (χ0) is 21.3. The van der Waals surface area contributed by atoms with Crippen LogP contribution >= 0.6 is 24.0 Å². The number of hydrogen-bond donors (Lipinski definition) is 3. The summed E-state index contributed by atoms with van der Waals surface area (Å²) in [6, 6.07) is 16.1. The van der Waals surface area contributed by atoms with Crippen LogP contribution in [0.25, 0.3) is 0 Å². The molecule has 0 atom stereocenters. The summed E-state index contributed by atoms with van der Waals surface area (Å²) in [6.45, 7) is 5.67. The fraction of sp³-hybridized carbons (Fsp3) is 0.409. The Hall–Kier alpha value is -1.81. The molecule has 0 saturated carbocycles. The number of halogens is 1. The van der Waals surface area contributed by atoms with Crippen molar-refractivity contribution >= 4 is 45.6 Å². The van der Waals surface area contributed by atoms with Crippen LogP contribution in [0.15, 0.2) is 53.5 Å². The molecule has 0 radical (unpaired) electrons. The highest BCUT2D eigenvalue weighted by molar-refractivity contribution is 14.0. The van der Waals surface area contributed by atoms with Crippen LogP contribution in [0.5, 0.6) is 0 Å². The molecule has 3 N–H and O–H groups in total. The van der Waals surface area contributed by atoms with E-state index in [1.165, 1.54) is 11.1 Å². The first-order valence-electron chi connectivity index (χ1n) is 9.87. The highest BCUT2D eigenvalue weighted by Crippen LogP contribution is 2.16. The standard InChI is InChI=1S/C22H32N4O2S.HI/c1-17(2)19-13-11-18(12-14-19)8-7-15-24-22(23-3)25-16-20-9-5-6-10-21(20)26-29(4,27)28;/h5-6,9-14,17,26H,7-8,15-16H2,1-4H3,(H2,23,24,25);1H. The monoisotopic (exact) mass is 544 g/mol. The minimum Gasteiger partial charge on any atom is -0.356 e. The van der Waals surface area contributed by atoms with Gasteiger partial charge in [0.2, 0.25) is 10.0 Å². The quantitative estimate of drug-likeness (QED) is 0.192. The number of nitrogens with zero attached hydrogens (tertiary/aromatic N) is 1. The molecule has 0 heterocycles. The van der Waals surface area contributed by atoms with Crippen molar-refractivity contribution in [3.8, 4) is 0 Å². The number of benzene rings is 2. The average molecular weight is 545 g/mol. The Morgan fingerprint density at radius 2 is 1.70 bits per heavy atom. The highest BCUT2D eigenvalue weighted by atomic mass is 127. The summed E-state index contributed by atoms with van der Waals surface area (Å²) < 4.78 is 25.6. The molecule has 0 saturated heterocycles. The van der Waals surface area contributed by atoms with Crippen molar-refractivity contribution in [3.63, 3.8) is 0 Å². The second kappa shape index (κ2) is 12.8. The highest BCUT2D eigenvalue weighted by Gasteiger charge is 2.07. The zero-order valence-corrected chi connectivity index (χ0v) is 21.3. The van der Waals surface area contributed by atoms with Gasteiger partial charge in [-0.2, -0.15) is 0 Å². The SMILES string of the molecule is CN=C(NCCCc1ccc(C(C)C)cc1)NCc1ccccc1NS(C)(=O)=O.I. The molecular formula is C22H33IN4O2S. The molecule has 0 bridgehead atoms. The summed E-state index contributed by atoms with van der Waals surface area (Å²) >= 11 is 0. The number of hydrogen-bond acceptors (Lipinski definition) is 3. The number of nitrogens with one attached hydrogen (secondary N) is 3. The van der Waals surface area contributed by atoms with Crippen LogP contribution in [0.4, 0.5) is 5.69 Å². The molecule has 6 nitrogen and oxygen atoms in total. The van der Waals surface area contributed by atoms with E-state index in [1.807, 2.05) is 12.1 Å². The lowest BCUT2D eigenvalue weighted by Gasteiger charge is -2.14. The summed E-state index contributed by atoms with van der Waals surface area (Å²) in [5.74, 6) is 1.24. The van der Waals surface area contributed by atoms with Gasteiger partial charge in [0.05, 0.1) is 11.9 Å². The van der Waals surface area contributed by atoms with Crippen molar-refractivity contribution in [2.45, 2.75) is 39.2 Å². The number of aliphatic imine (C=N–C) groups is 1. The van der Waals surface area contributed by atoms with Crippen molar-refractivity contribution < 1.29 is 8.42 Å². The molecule has 0 aromatic heterocycles. The minimum atomic E-state index is -3.32. The van der Waals surface area contributed by atoms with Gasteiger partial charge in [0.15, 0.2) is 5.96 Å². The number of para-hydroxylation sites is 1. The number of rotatable bonds is 9. The molecule has 0 spiro atoms. The number of guanidine groups is 1. The van der Waals surface area contributed by atoms with E-state index in [9.17, 15) is 8.42 Å². The fourth-order valence-electron chi connectivity index (χ4n) is 2.94. The third kappa shape index (κ3) is 9.34. The van der Waals surface area contributed by atoms with Gasteiger partial charge in [0.25, 0.3) is 0 Å². The molecule has 30 heavy (non-hydrogen) atoms. The summed E-state index contributed by atoms with van der Waals surface area (Å²) in [5.41, 5.74) is 4.12. The summed E-state index contributed by atoms with van der Waals surface area (Å²) in [7, 11) is -1.60. The Balaban J connectivity index is 0.00000450. The Bertz CT molecular complexity index is 913. The molecule has 0 aliphatic heterocycles. The van der Waals surface area contributed by atoms with E-state index < -0.39 is 10.0 Å². The predicted molar refractivity (Wildman–Crippen MR) is 137 cm³/mol. The summed E-state index contributed by atoms with van der Waals surface area (Å²) in [6.07, 6.45) is 3.14. The molecule has 0 fully saturated rings. The molecule has 2 aromatic rings. The lowest BCUT2D eigenvalue weighted by molar-refractivity contribution is 0.606. The van der Waals surface area contributed by atoms with Gasteiger partial charge in [0, 0.05) is 20.1 Å². The molecule has 166 valence electrons. The Morgan fingerprint density at radius 1 is 1.03 bits per heavy atom. The van der Waals surface area contributed by atoms with E-state index in [0.717, 1.165) is 31.2 Å². The van der Waals surface area contributed by atoms with E-state index in [-0.39, 0.29) is 24.0 Å². The van der Waals surface area contributed by atoms with Gasteiger partial charge < -0.3 is 10.6 Å². The van der Waals surface area contributed by atoms with Crippen LogP contribution in [0.3, 0.4) is 0 Å². The van der Waals surface area contributed by atoms with E-state index >= 15 is 0 Å². The van der Waals surface area contributed by atoms with Crippen LogP contribution in [-0.2, 0) is 23.0 Å². The number of aryl methyl sites for hydroxylation is 1. The maximum Gasteiger partial charge on any atom is 0.229 e. The molecule has 0 unspecified atom stereocenters. The Morgan fingerprint density at radius 3 is 2.30 bits per heavy atom. The van der Waals surface area contributed by atoms with Crippen LogP contribution in [0.2, 0.25) is 0 Å². The van der Waals surface area contributed by atoms with Crippen molar-refractivity contribution in [1.29, 1.82) is 0 Å². The average Bonchev–Trinajstić information content (AvgIpc) is 2.67. The van der Waals surface area contributed by atoms with Crippen LogP contribution < -0.4 is 15.4 Å². The van der Waals surface area contributed by atoms with Gasteiger partial charge in [-0.25, -0.2) is 8.42 Å². The molecule has 2 aromatic carbocycles. The second-order valence-electron chi connectivity index (χ2n) is 7.38. The maximum absolute atomic E-state index is 11.5. The predicted octanol–water partition coefficient (Wildman–Crippen LogP) is 4.10. The van der Waals surface area contributed by atoms with Gasteiger partial charge >= 0.3 is 0 Å². The molecule has 2 rings (SSSR count). The first-order chi connectivity index (χ1) is 13.8. The summed E-state index contributed by atoms with van der Waals surface area (Å²) in [5, 5.41) is 6.54. The van der Waals surface area contributed by atoms with E-state index in [1.54, 1.807) is 19.2 Å². The third-order valence-corrected chi connectivity index (χ3v) is 5.15. The molecular weight excluding hydrogens is 511 g/mol. The molecule has 0 aliphatic rings.